The van der Waals surface area contributed by atoms with Gasteiger partial charge < -0.3 is 9.73 Å². The molecule has 2 aromatic carbocycles. The van der Waals surface area contributed by atoms with Crippen molar-refractivity contribution in [2.24, 2.45) is 0 Å². The van der Waals surface area contributed by atoms with Crippen LogP contribution >= 0.6 is 11.6 Å². The van der Waals surface area contributed by atoms with Crippen LogP contribution in [0.15, 0.2) is 59.3 Å². The van der Waals surface area contributed by atoms with E-state index >= 15 is 0 Å². The zero-order chi connectivity index (χ0) is 15.5. The van der Waals surface area contributed by atoms with Crippen LogP contribution < -0.4 is 5.32 Å². The van der Waals surface area contributed by atoms with E-state index in [0.29, 0.717) is 10.6 Å². The molecular formula is C16H10ClFN2O2. The Morgan fingerprint density at radius 2 is 2.00 bits per heavy atom. The van der Waals surface area contributed by atoms with Gasteiger partial charge in [0.15, 0.2) is 17.8 Å². The topological polar surface area (TPSA) is 55.1 Å². The van der Waals surface area contributed by atoms with Crippen molar-refractivity contribution in [2.75, 3.05) is 5.32 Å². The van der Waals surface area contributed by atoms with Gasteiger partial charge in [0.1, 0.15) is 5.82 Å². The standard InChI is InChI=1S/C16H10ClFN2O2/c17-11-5-3-4-10(8-11)15-14(19-9-22-15)16(21)20-13-7-2-1-6-12(13)18/h1-9H,(H,20,21). The number of para-hydroxylation sites is 1. The van der Waals surface area contributed by atoms with Crippen LogP contribution in [-0.2, 0) is 0 Å². The molecule has 0 aliphatic rings. The van der Waals surface area contributed by atoms with Crippen LogP contribution in [0, 0.1) is 5.82 Å². The summed E-state index contributed by atoms with van der Waals surface area (Å²) >= 11 is 5.93. The number of aromatic nitrogens is 1. The minimum Gasteiger partial charge on any atom is -0.443 e. The molecule has 0 saturated carbocycles. The Balaban J connectivity index is 1.92. The van der Waals surface area contributed by atoms with E-state index in [2.05, 4.69) is 10.3 Å². The normalized spacial score (nSPS) is 10.5. The Morgan fingerprint density at radius 1 is 1.18 bits per heavy atom. The van der Waals surface area contributed by atoms with E-state index in [4.69, 9.17) is 16.0 Å². The average molecular weight is 317 g/mol. The Hall–Kier alpha value is -2.66. The highest BCUT2D eigenvalue weighted by Gasteiger charge is 2.19. The number of nitrogens with one attached hydrogen (secondary N) is 1. The van der Waals surface area contributed by atoms with E-state index in [0.717, 1.165) is 6.39 Å². The van der Waals surface area contributed by atoms with Crippen molar-refractivity contribution < 1.29 is 13.6 Å². The molecular weight excluding hydrogens is 307 g/mol. The van der Waals surface area contributed by atoms with E-state index in [1.54, 1.807) is 36.4 Å². The first-order valence-electron chi connectivity index (χ1n) is 6.40. The van der Waals surface area contributed by atoms with Crippen molar-refractivity contribution in [1.29, 1.82) is 0 Å². The fourth-order valence-corrected chi connectivity index (χ4v) is 2.18. The van der Waals surface area contributed by atoms with Gasteiger partial charge >= 0.3 is 0 Å². The van der Waals surface area contributed by atoms with Gasteiger partial charge in [0.25, 0.3) is 5.91 Å². The van der Waals surface area contributed by atoms with Gasteiger partial charge in [-0.2, -0.15) is 0 Å². The van der Waals surface area contributed by atoms with Crippen molar-refractivity contribution in [3.63, 3.8) is 0 Å². The Kier molecular flexibility index (Phi) is 3.89. The predicted octanol–water partition coefficient (Wildman–Crippen LogP) is 4.39. The molecule has 4 nitrogen and oxygen atoms in total. The van der Waals surface area contributed by atoms with E-state index in [-0.39, 0.29) is 17.1 Å². The third-order valence-electron chi connectivity index (χ3n) is 2.99. The molecule has 0 aliphatic carbocycles. The molecule has 0 atom stereocenters. The lowest BCUT2D eigenvalue weighted by atomic mass is 10.1. The summed E-state index contributed by atoms with van der Waals surface area (Å²) in [6.45, 7) is 0. The number of rotatable bonds is 3. The largest absolute Gasteiger partial charge is 0.443 e. The predicted molar refractivity (Wildman–Crippen MR) is 81.3 cm³/mol. The van der Waals surface area contributed by atoms with E-state index in [1.807, 2.05) is 0 Å². The van der Waals surface area contributed by atoms with Crippen LogP contribution in [0.3, 0.4) is 0 Å². The summed E-state index contributed by atoms with van der Waals surface area (Å²) in [5.74, 6) is -0.811. The lowest BCUT2D eigenvalue weighted by molar-refractivity contribution is 0.102. The average Bonchev–Trinajstić information content (AvgIpc) is 2.99. The number of oxazole rings is 1. The molecule has 22 heavy (non-hydrogen) atoms. The Bertz CT molecular complexity index is 832. The Morgan fingerprint density at radius 3 is 2.77 bits per heavy atom. The van der Waals surface area contributed by atoms with Crippen LogP contribution in [0.2, 0.25) is 5.02 Å². The smallest absolute Gasteiger partial charge is 0.278 e. The van der Waals surface area contributed by atoms with Gasteiger partial charge in [0.05, 0.1) is 5.69 Å². The molecule has 1 N–H and O–H groups in total. The second-order valence-corrected chi connectivity index (χ2v) is 4.91. The number of nitrogens with zero attached hydrogens (tertiary/aromatic N) is 1. The second-order valence-electron chi connectivity index (χ2n) is 4.47. The highest BCUT2D eigenvalue weighted by molar-refractivity contribution is 6.30. The summed E-state index contributed by atoms with van der Waals surface area (Å²) in [6, 6.07) is 12.7. The maximum Gasteiger partial charge on any atom is 0.278 e. The van der Waals surface area contributed by atoms with Gasteiger partial charge in [-0.1, -0.05) is 35.9 Å². The fourth-order valence-electron chi connectivity index (χ4n) is 1.99. The zero-order valence-corrected chi connectivity index (χ0v) is 12.0. The third-order valence-corrected chi connectivity index (χ3v) is 3.23. The van der Waals surface area contributed by atoms with Crippen LogP contribution in [0.1, 0.15) is 10.5 Å². The second kappa shape index (κ2) is 5.99. The molecule has 1 aromatic heterocycles. The van der Waals surface area contributed by atoms with E-state index in [1.165, 1.54) is 12.1 Å². The highest BCUT2D eigenvalue weighted by atomic mass is 35.5. The van der Waals surface area contributed by atoms with Crippen LogP contribution in [0.25, 0.3) is 11.3 Å². The maximum atomic E-state index is 13.6. The summed E-state index contributed by atoms with van der Waals surface area (Å²) in [4.78, 5) is 16.2. The zero-order valence-electron chi connectivity index (χ0n) is 11.2. The number of carbonyl (C=O) groups excluding carboxylic acids is 1. The van der Waals surface area contributed by atoms with Gasteiger partial charge in [-0.3, -0.25) is 4.79 Å². The number of carbonyl (C=O) groups is 1. The van der Waals surface area contributed by atoms with Gasteiger partial charge in [-0.25, -0.2) is 9.37 Å². The van der Waals surface area contributed by atoms with Crippen LogP contribution in [0.4, 0.5) is 10.1 Å². The number of benzene rings is 2. The van der Waals surface area contributed by atoms with Crippen molar-refractivity contribution in [3.8, 4) is 11.3 Å². The van der Waals surface area contributed by atoms with Crippen LogP contribution in [0.5, 0.6) is 0 Å². The van der Waals surface area contributed by atoms with Crippen molar-refractivity contribution in [3.05, 3.63) is 71.5 Å². The first-order chi connectivity index (χ1) is 10.6. The summed E-state index contributed by atoms with van der Waals surface area (Å²) < 4.78 is 18.9. The molecule has 3 aromatic rings. The number of amides is 1. The number of hydrogen-bond donors (Lipinski definition) is 1. The number of hydrogen-bond acceptors (Lipinski definition) is 3. The third kappa shape index (κ3) is 2.84. The lowest BCUT2D eigenvalue weighted by Gasteiger charge is -2.05. The van der Waals surface area contributed by atoms with Gasteiger partial charge in [0, 0.05) is 10.6 Å². The quantitative estimate of drug-likeness (QED) is 0.779. The molecule has 0 saturated heterocycles. The van der Waals surface area contributed by atoms with E-state index < -0.39 is 11.7 Å². The van der Waals surface area contributed by atoms with E-state index in [9.17, 15) is 9.18 Å². The first-order valence-corrected chi connectivity index (χ1v) is 6.78. The molecule has 0 spiro atoms. The fraction of sp³-hybridized carbons (Fsp3) is 0. The molecule has 0 fully saturated rings. The van der Waals surface area contributed by atoms with Gasteiger partial charge in [-0.05, 0) is 24.3 Å². The summed E-state index contributed by atoms with van der Waals surface area (Å²) in [6.07, 6.45) is 1.16. The molecule has 0 bridgehead atoms. The minimum atomic E-state index is -0.561. The minimum absolute atomic E-state index is 0.0607. The molecule has 0 aliphatic heterocycles. The van der Waals surface area contributed by atoms with Gasteiger partial charge in [0.2, 0.25) is 0 Å². The maximum absolute atomic E-state index is 13.6. The highest BCUT2D eigenvalue weighted by Crippen LogP contribution is 2.26. The van der Waals surface area contributed by atoms with Crippen molar-refractivity contribution >= 4 is 23.2 Å². The van der Waals surface area contributed by atoms with Crippen molar-refractivity contribution in [1.82, 2.24) is 4.98 Å². The van der Waals surface area contributed by atoms with Crippen LogP contribution in [-0.4, -0.2) is 10.9 Å². The summed E-state index contributed by atoms with van der Waals surface area (Å²) in [5.41, 5.74) is 0.752. The Labute approximate surface area is 130 Å². The lowest BCUT2D eigenvalue weighted by Crippen LogP contribution is -2.14. The number of halogens is 2. The molecule has 1 amide bonds. The monoisotopic (exact) mass is 316 g/mol. The first kappa shape index (κ1) is 14.3. The summed E-state index contributed by atoms with van der Waals surface area (Å²) in [7, 11) is 0. The molecule has 0 radical (unpaired) electrons. The molecule has 1 heterocycles. The molecule has 6 heteroatoms. The SMILES string of the molecule is O=C(Nc1ccccc1F)c1ncoc1-c1cccc(Cl)c1. The molecule has 0 unspecified atom stereocenters. The summed E-state index contributed by atoms with van der Waals surface area (Å²) in [5, 5.41) is 2.98. The van der Waals surface area contributed by atoms with Crippen molar-refractivity contribution in [2.45, 2.75) is 0 Å². The molecule has 3 rings (SSSR count). The number of anilines is 1. The molecule has 110 valence electrons. The van der Waals surface area contributed by atoms with Gasteiger partial charge in [-0.15, -0.1) is 0 Å².